The highest BCUT2D eigenvalue weighted by Gasteiger charge is 2.23. The van der Waals surface area contributed by atoms with Crippen LogP contribution in [0.1, 0.15) is 40.0 Å². The Kier molecular flexibility index (Phi) is 5.71. The molecule has 6 heteroatoms. The van der Waals surface area contributed by atoms with Gasteiger partial charge in [0.15, 0.2) is 5.78 Å². The van der Waals surface area contributed by atoms with E-state index in [4.69, 9.17) is 10.5 Å². The van der Waals surface area contributed by atoms with Crippen molar-refractivity contribution in [1.82, 2.24) is 9.80 Å². The van der Waals surface area contributed by atoms with Crippen molar-refractivity contribution in [2.75, 3.05) is 52.2 Å². The third-order valence-corrected chi connectivity index (χ3v) is 5.21. The zero-order valence-electron chi connectivity index (χ0n) is 14.9. The minimum absolute atomic E-state index is 0.0202. The molecule has 1 amide bonds. The molecule has 2 fully saturated rings. The molecule has 0 aliphatic carbocycles. The lowest BCUT2D eigenvalue weighted by Crippen LogP contribution is -2.47. The van der Waals surface area contributed by atoms with Gasteiger partial charge < -0.3 is 20.3 Å². The number of ether oxygens (including phenoxy) is 1. The molecule has 1 aromatic carbocycles. The fourth-order valence-electron chi connectivity index (χ4n) is 3.45. The monoisotopic (exact) mass is 345 g/mol. The average molecular weight is 345 g/mol. The Labute approximate surface area is 148 Å². The molecular formula is C19H27N3O3. The number of likely N-dealkylation sites (N-methyl/N-ethyl adjacent to an activating group) is 1. The van der Waals surface area contributed by atoms with Crippen LogP contribution < -0.4 is 5.73 Å². The minimum atomic E-state index is -0.0202. The van der Waals surface area contributed by atoms with Crippen LogP contribution in [0.5, 0.6) is 0 Å². The van der Waals surface area contributed by atoms with Crippen molar-refractivity contribution in [3.05, 3.63) is 29.3 Å². The topological polar surface area (TPSA) is 75.9 Å². The Morgan fingerprint density at radius 1 is 1.16 bits per heavy atom. The van der Waals surface area contributed by atoms with Crippen LogP contribution in [0.15, 0.2) is 18.2 Å². The molecule has 25 heavy (non-hydrogen) atoms. The summed E-state index contributed by atoms with van der Waals surface area (Å²) in [7, 11) is 2.05. The maximum Gasteiger partial charge on any atom is 0.253 e. The molecule has 0 unspecified atom stereocenters. The Hall–Kier alpha value is -1.92. The molecule has 0 radical (unpaired) electrons. The van der Waals surface area contributed by atoms with E-state index in [2.05, 4.69) is 11.9 Å². The van der Waals surface area contributed by atoms with Crippen molar-refractivity contribution in [3.63, 3.8) is 0 Å². The van der Waals surface area contributed by atoms with Crippen molar-refractivity contribution in [2.24, 2.45) is 5.92 Å². The van der Waals surface area contributed by atoms with Crippen LogP contribution in [0.3, 0.4) is 0 Å². The molecule has 1 aromatic rings. The summed E-state index contributed by atoms with van der Waals surface area (Å²) in [5, 5.41) is 0. The lowest BCUT2D eigenvalue weighted by atomic mass is 9.91. The summed E-state index contributed by atoms with van der Waals surface area (Å²) in [5.41, 5.74) is 7.49. The SMILES string of the molecule is CN1CCN(C(=O)c2ccc(N)c(C(=O)CC3CCOCC3)c2)CC1. The molecule has 0 bridgehead atoms. The maximum atomic E-state index is 12.7. The summed E-state index contributed by atoms with van der Waals surface area (Å²) in [6, 6.07) is 5.08. The van der Waals surface area contributed by atoms with Crippen molar-refractivity contribution in [1.29, 1.82) is 0 Å². The average Bonchev–Trinajstić information content (AvgIpc) is 2.63. The van der Waals surface area contributed by atoms with Gasteiger partial charge in [-0.3, -0.25) is 9.59 Å². The number of hydrogen-bond acceptors (Lipinski definition) is 5. The number of carbonyl (C=O) groups excluding carboxylic acids is 2. The summed E-state index contributed by atoms with van der Waals surface area (Å²) in [5.74, 6) is 0.350. The van der Waals surface area contributed by atoms with E-state index in [1.165, 1.54) is 0 Å². The van der Waals surface area contributed by atoms with E-state index in [1.54, 1.807) is 18.2 Å². The Morgan fingerprint density at radius 2 is 1.84 bits per heavy atom. The number of nitrogen functional groups attached to an aromatic ring is 1. The molecular weight excluding hydrogens is 318 g/mol. The van der Waals surface area contributed by atoms with Crippen molar-refractivity contribution >= 4 is 17.4 Å². The number of nitrogens with zero attached hydrogens (tertiary/aromatic N) is 2. The number of ketones is 1. The van der Waals surface area contributed by atoms with Crippen LogP contribution in [0.4, 0.5) is 5.69 Å². The molecule has 0 spiro atoms. The first-order chi connectivity index (χ1) is 12.0. The summed E-state index contributed by atoms with van der Waals surface area (Å²) in [6.07, 6.45) is 2.29. The second kappa shape index (κ2) is 7.97. The summed E-state index contributed by atoms with van der Waals surface area (Å²) < 4.78 is 5.35. The van der Waals surface area contributed by atoms with Gasteiger partial charge >= 0.3 is 0 Å². The predicted octanol–water partition coefficient (Wildman–Crippen LogP) is 1.66. The number of amides is 1. The van der Waals surface area contributed by atoms with Gasteiger partial charge in [0.25, 0.3) is 5.91 Å². The number of benzene rings is 1. The highest BCUT2D eigenvalue weighted by atomic mass is 16.5. The first-order valence-corrected chi connectivity index (χ1v) is 9.03. The molecule has 0 aromatic heterocycles. The standard InChI is InChI=1S/C19H27N3O3/c1-21-6-8-22(9-7-21)19(24)15-2-3-17(20)16(13-15)18(23)12-14-4-10-25-11-5-14/h2-3,13-14H,4-12,20H2,1H3. The van der Waals surface area contributed by atoms with Crippen LogP contribution in [0.25, 0.3) is 0 Å². The van der Waals surface area contributed by atoms with Gasteiger partial charge in [-0.2, -0.15) is 0 Å². The fourth-order valence-corrected chi connectivity index (χ4v) is 3.45. The molecule has 2 aliphatic rings. The van der Waals surface area contributed by atoms with Gasteiger partial charge in [0.05, 0.1) is 0 Å². The van der Waals surface area contributed by atoms with Gasteiger partial charge in [-0.1, -0.05) is 0 Å². The van der Waals surface area contributed by atoms with E-state index >= 15 is 0 Å². The Bertz CT molecular complexity index is 633. The van der Waals surface area contributed by atoms with Gasteiger partial charge in [-0.05, 0) is 44.0 Å². The molecule has 2 saturated heterocycles. The zero-order valence-corrected chi connectivity index (χ0v) is 14.9. The molecule has 0 saturated carbocycles. The zero-order chi connectivity index (χ0) is 17.8. The number of hydrogen-bond donors (Lipinski definition) is 1. The van der Waals surface area contributed by atoms with E-state index in [0.29, 0.717) is 42.2 Å². The number of nitrogens with two attached hydrogens (primary N) is 1. The lowest BCUT2D eigenvalue weighted by molar-refractivity contribution is 0.0601. The molecule has 2 aliphatic heterocycles. The van der Waals surface area contributed by atoms with Gasteiger partial charge in [0.1, 0.15) is 0 Å². The van der Waals surface area contributed by atoms with E-state index in [9.17, 15) is 9.59 Å². The van der Waals surface area contributed by atoms with Gasteiger partial charge in [-0.25, -0.2) is 0 Å². The van der Waals surface area contributed by atoms with Gasteiger partial charge in [0.2, 0.25) is 0 Å². The summed E-state index contributed by atoms with van der Waals surface area (Å²) in [6.45, 7) is 4.60. The second-order valence-corrected chi connectivity index (χ2v) is 7.08. The van der Waals surface area contributed by atoms with Crippen LogP contribution in [0, 0.1) is 5.92 Å². The molecule has 136 valence electrons. The van der Waals surface area contributed by atoms with Crippen molar-refractivity contribution < 1.29 is 14.3 Å². The van der Waals surface area contributed by atoms with Crippen molar-refractivity contribution in [2.45, 2.75) is 19.3 Å². The first kappa shape index (κ1) is 17.9. The van der Waals surface area contributed by atoms with Crippen LogP contribution in [-0.4, -0.2) is 67.9 Å². The van der Waals surface area contributed by atoms with E-state index in [-0.39, 0.29) is 11.7 Å². The largest absolute Gasteiger partial charge is 0.398 e. The second-order valence-electron chi connectivity index (χ2n) is 7.08. The number of Topliss-reactive ketones (excluding diaryl/α,β-unsaturated/α-hetero) is 1. The quantitative estimate of drug-likeness (QED) is 0.663. The summed E-state index contributed by atoms with van der Waals surface area (Å²) in [4.78, 5) is 29.4. The smallest absolute Gasteiger partial charge is 0.253 e. The number of anilines is 1. The minimum Gasteiger partial charge on any atom is -0.398 e. The first-order valence-electron chi connectivity index (χ1n) is 9.03. The molecule has 2 heterocycles. The highest BCUT2D eigenvalue weighted by Crippen LogP contribution is 2.24. The number of carbonyl (C=O) groups is 2. The molecule has 6 nitrogen and oxygen atoms in total. The lowest BCUT2D eigenvalue weighted by Gasteiger charge is -2.32. The Morgan fingerprint density at radius 3 is 2.52 bits per heavy atom. The number of piperazine rings is 1. The van der Waals surface area contributed by atoms with Crippen LogP contribution >= 0.6 is 0 Å². The predicted molar refractivity (Wildman–Crippen MR) is 96.7 cm³/mol. The van der Waals surface area contributed by atoms with E-state index < -0.39 is 0 Å². The molecule has 0 atom stereocenters. The molecule has 2 N–H and O–H groups in total. The third kappa shape index (κ3) is 4.38. The highest BCUT2D eigenvalue weighted by molar-refractivity contribution is 6.04. The van der Waals surface area contributed by atoms with Crippen LogP contribution in [-0.2, 0) is 4.74 Å². The maximum absolute atomic E-state index is 12.7. The normalized spacial score (nSPS) is 19.8. The fraction of sp³-hybridized carbons (Fsp3) is 0.579. The summed E-state index contributed by atoms with van der Waals surface area (Å²) >= 11 is 0. The van der Waals surface area contributed by atoms with E-state index in [0.717, 1.165) is 39.1 Å². The number of rotatable bonds is 4. The van der Waals surface area contributed by atoms with Gasteiger partial charge in [0, 0.05) is 62.6 Å². The third-order valence-electron chi connectivity index (χ3n) is 5.21. The molecule has 3 rings (SSSR count). The Balaban J connectivity index is 1.71. The van der Waals surface area contributed by atoms with Crippen molar-refractivity contribution in [3.8, 4) is 0 Å². The van der Waals surface area contributed by atoms with Gasteiger partial charge in [-0.15, -0.1) is 0 Å². The van der Waals surface area contributed by atoms with Crippen LogP contribution in [0.2, 0.25) is 0 Å². The van der Waals surface area contributed by atoms with E-state index in [1.807, 2.05) is 4.90 Å².